The molecule has 18 heavy (non-hydrogen) atoms. The molecule has 0 spiro atoms. The zero-order chi connectivity index (χ0) is 12.7. The van der Waals surface area contributed by atoms with Crippen LogP contribution in [0.4, 0.5) is 0 Å². The van der Waals surface area contributed by atoms with Crippen LogP contribution in [0.3, 0.4) is 0 Å². The van der Waals surface area contributed by atoms with Crippen molar-refractivity contribution in [3.05, 3.63) is 41.5 Å². The number of furan rings is 1. The molecule has 0 radical (unpaired) electrons. The van der Waals surface area contributed by atoms with Crippen molar-refractivity contribution in [1.29, 1.82) is 0 Å². The second-order valence-corrected chi connectivity index (χ2v) is 3.94. The number of aldehydes is 2. The van der Waals surface area contributed by atoms with Gasteiger partial charge in [-0.15, -0.1) is 0 Å². The average Bonchev–Trinajstić information content (AvgIpc) is 2.77. The average molecular weight is 240 g/mol. The quantitative estimate of drug-likeness (QED) is 0.699. The van der Waals surface area contributed by atoms with E-state index in [1.54, 1.807) is 24.3 Å². The van der Waals surface area contributed by atoms with Gasteiger partial charge in [0, 0.05) is 10.8 Å². The molecule has 0 bridgehead atoms. The van der Waals surface area contributed by atoms with Crippen molar-refractivity contribution < 1.29 is 19.1 Å². The van der Waals surface area contributed by atoms with Gasteiger partial charge in [-0.05, 0) is 12.1 Å². The summed E-state index contributed by atoms with van der Waals surface area (Å²) in [6.07, 6.45) is 1.16. The fourth-order valence-corrected chi connectivity index (χ4v) is 2.14. The van der Waals surface area contributed by atoms with Crippen LogP contribution in [0.15, 0.2) is 34.7 Å². The van der Waals surface area contributed by atoms with Crippen molar-refractivity contribution in [2.75, 3.05) is 0 Å². The SMILES string of the molecule is O=Cc1cc(O)c(C=O)c2c1oc1ccccc12. The Kier molecular flexibility index (Phi) is 2.16. The maximum Gasteiger partial charge on any atom is 0.154 e. The Labute approximate surface area is 101 Å². The highest BCUT2D eigenvalue weighted by molar-refractivity contribution is 6.17. The topological polar surface area (TPSA) is 67.5 Å². The second-order valence-electron chi connectivity index (χ2n) is 3.94. The van der Waals surface area contributed by atoms with E-state index in [1.165, 1.54) is 6.07 Å². The molecule has 0 saturated carbocycles. The van der Waals surface area contributed by atoms with Crippen molar-refractivity contribution in [1.82, 2.24) is 0 Å². The van der Waals surface area contributed by atoms with Crippen LogP contribution in [0, 0.1) is 0 Å². The first-order valence-electron chi connectivity index (χ1n) is 5.34. The molecule has 0 fully saturated rings. The molecule has 88 valence electrons. The van der Waals surface area contributed by atoms with Crippen molar-refractivity contribution >= 4 is 34.5 Å². The third-order valence-electron chi connectivity index (χ3n) is 2.94. The maximum atomic E-state index is 11.1. The van der Waals surface area contributed by atoms with Gasteiger partial charge in [-0.25, -0.2) is 0 Å². The lowest BCUT2D eigenvalue weighted by Crippen LogP contribution is -1.88. The predicted molar refractivity (Wildman–Crippen MR) is 66.2 cm³/mol. The van der Waals surface area contributed by atoms with E-state index in [0.29, 0.717) is 34.5 Å². The Hall–Kier alpha value is -2.62. The lowest BCUT2D eigenvalue weighted by atomic mass is 10.0. The molecule has 4 heteroatoms. The minimum absolute atomic E-state index is 0.139. The molecule has 1 N–H and O–H groups in total. The normalized spacial score (nSPS) is 10.9. The van der Waals surface area contributed by atoms with Crippen LogP contribution in [-0.2, 0) is 0 Å². The van der Waals surface area contributed by atoms with E-state index < -0.39 is 0 Å². The number of benzene rings is 2. The number of rotatable bonds is 2. The highest BCUT2D eigenvalue weighted by atomic mass is 16.3. The monoisotopic (exact) mass is 240 g/mol. The van der Waals surface area contributed by atoms with E-state index in [2.05, 4.69) is 0 Å². The summed E-state index contributed by atoms with van der Waals surface area (Å²) in [7, 11) is 0. The lowest BCUT2D eigenvalue weighted by molar-refractivity contribution is 0.111. The maximum absolute atomic E-state index is 11.1. The van der Waals surface area contributed by atoms with Crippen LogP contribution >= 0.6 is 0 Å². The Morgan fingerprint density at radius 3 is 2.61 bits per heavy atom. The highest BCUT2D eigenvalue weighted by Gasteiger charge is 2.17. The fourth-order valence-electron chi connectivity index (χ4n) is 2.14. The van der Waals surface area contributed by atoms with Crippen LogP contribution < -0.4 is 0 Å². The molecule has 0 saturated heterocycles. The zero-order valence-electron chi connectivity index (χ0n) is 9.21. The lowest BCUT2D eigenvalue weighted by Gasteiger charge is -2.00. The van der Waals surface area contributed by atoms with E-state index in [0.717, 1.165) is 0 Å². The van der Waals surface area contributed by atoms with Gasteiger partial charge in [-0.1, -0.05) is 18.2 Å². The number of carbonyl (C=O) groups excluding carboxylic acids is 2. The molecular weight excluding hydrogens is 232 g/mol. The molecule has 0 aliphatic heterocycles. The summed E-state index contributed by atoms with van der Waals surface area (Å²) in [4.78, 5) is 22.1. The minimum Gasteiger partial charge on any atom is -0.507 e. The number of aromatic hydroxyl groups is 1. The number of hydrogen-bond acceptors (Lipinski definition) is 4. The summed E-state index contributed by atoms with van der Waals surface area (Å²) in [5.41, 5.74) is 1.26. The largest absolute Gasteiger partial charge is 0.507 e. The summed E-state index contributed by atoms with van der Waals surface area (Å²) in [5.74, 6) is -0.217. The molecule has 2 aromatic carbocycles. The third-order valence-corrected chi connectivity index (χ3v) is 2.94. The summed E-state index contributed by atoms with van der Waals surface area (Å²) in [6, 6.07) is 8.36. The van der Waals surface area contributed by atoms with Crippen molar-refractivity contribution in [2.24, 2.45) is 0 Å². The molecule has 0 aliphatic carbocycles. The smallest absolute Gasteiger partial charge is 0.154 e. The Morgan fingerprint density at radius 2 is 1.89 bits per heavy atom. The van der Waals surface area contributed by atoms with Crippen LogP contribution in [0.2, 0.25) is 0 Å². The molecule has 0 aliphatic rings. The number of para-hydroxylation sites is 1. The van der Waals surface area contributed by atoms with Crippen molar-refractivity contribution in [3.8, 4) is 5.75 Å². The van der Waals surface area contributed by atoms with E-state index in [4.69, 9.17) is 4.42 Å². The Bertz CT molecular complexity index is 783. The number of phenolic OH excluding ortho intramolecular Hbond substituents is 1. The summed E-state index contributed by atoms with van der Waals surface area (Å²) < 4.78 is 5.57. The van der Waals surface area contributed by atoms with Gasteiger partial charge in [0.25, 0.3) is 0 Å². The first kappa shape index (κ1) is 10.5. The van der Waals surface area contributed by atoms with E-state index in [1.807, 2.05) is 0 Å². The summed E-state index contributed by atoms with van der Waals surface area (Å²) >= 11 is 0. The molecule has 1 aromatic heterocycles. The summed E-state index contributed by atoms with van der Waals surface area (Å²) in [6.45, 7) is 0. The minimum atomic E-state index is -0.217. The van der Waals surface area contributed by atoms with Gasteiger partial charge in [-0.2, -0.15) is 0 Å². The zero-order valence-corrected chi connectivity index (χ0v) is 9.21. The third kappa shape index (κ3) is 1.26. The first-order chi connectivity index (χ1) is 8.76. The van der Waals surface area contributed by atoms with Crippen molar-refractivity contribution in [2.45, 2.75) is 0 Å². The van der Waals surface area contributed by atoms with Gasteiger partial charge in [0.2, 0.25) is 0 Å². The molecule has 0 unspecified atom stereocenters. The van der Waals surface area contributed by atoms with Crippen LogP contribution in [0.25, 0.3) is 21.9 Å². The second kappa shape index (κ2) is 3.70. The standard InChI is InChI=1S/C14H8O4/c15-6-8-5-11(17)10(7-16)13-9-3-1-2-4-12(9)18-14(8)13/h1-7,17H. The highest BCUT2D eigenvalue weighted by Crippen LogP contribution is 2.36. The van der Waals surface area contributed by atoms with Gasteiger partial charge in [0.15, 0.2) is 12.6 Å². The molecule has 1 heterocycles. The number of hydrogen-bond donors (Lipinski definition) is 1. The van der Waals surface area contributed by atoms with Gasteiger partial charge in [0.05, 0.1) is 11.1 Å². The number of carbonyl (C=O) groups is 2. The van der Waals surface area contributed by atoms with Crippen LogP contribution in [0.1, 0.15) is 20.7 Å². The molecule has 4 nitrogen and oxygen atoms in total. The molecule has 3 aromatic rings. The fraction of sp³-hybridized carbons (Fsp3) is 0. The van der Waals surface area contributed by atoms with Gasteiger partial charge in [0.1, 0.15) is 16.9 Å². The summed E-state index contributed by atoms with van der Waals surface area (Å²) in [5, 5.41) is 10.9. The molecular formula is C14H8O4. The first-order valence-corrected chi connectivity index (χ1v) is 5.34. The number of fused-ring (bicyclic) bond motifs is 3. The van der Waals surface area contributed by atoms with Crippen LogP contribution in [-0.4, -0.2) is 17.7 Å². The predicted octanol–water partition coefficient (Wildman–Crippen LogP) is 2.92. The van der Waals surface area contributed by atoms with Crippen molar-refractivity contribution in [3.63, 3.8) is 0 Å². The van der Waals surface area contributed by atoms with Gasteiger partial charge >= 0.3 is 0 Å². The van der Waals surface area contributed by atoms with Gasteiger partial charge < -0.3 is 9.52 Å². The molecule has 0 atom stereocenters. The number of phenols is 1. The van der Waals surface area contributed by atoms with Crippen LogP contribution in [0.5, 0.6) is 5.75 Å². The van der Waals surface area contributed by atoms with E-state index in [9.17, 15) is 14.7 Å². The molecule has 3 rings (SSSR count). The Morgan fingerprint density at radius 1 is 1.11 bits per heavy atom. The van der Waals surface area contributed by atoms with E-state index >= 15 is 0 Å². The van der Waals surface area contributed by atoms with Gasteiger partial charge in [-0.3, -0.25) is 9.59 Å². The molecule has 0 amide bonds. The Balaban J connectivity index is 2.65. The van der Waals surface area contributed by atoms with E-state index in [-0.39, 0.29) is 16.9 Å².